The number of carbonyl (C=O) groups is 2. The number of primary amides is 1. The summed E-state index contributed by atoms with van der Waals surface area (Å²) in [5.41, 5.74) is 9.54. The van der Waals surface area contributed by atoms with Crippen LogP contribution in [0.15, 0.2) is 53.6 Å². The molecule has 124 valence electrons. The van der Waals surface area contributed by atoms with Gasteiger partial charge >= 0.3 is 6.03 Å². The Balaban J connectivity index is 1.82. The number of hydrogen-bond acceptors (Lipinski definition) is 4. The fraction of sp³-hybridized carbons (Fsp3) is 0.118. The van der Waals surface area contributed by atoms with Gasteiger partial charge in [-0.3, -0.25) is 4.79 Å². The van der Waals surface area contributed by atoms with Crippen LogP contribution in [-0.2, 0) is 4.79 Å². The lowest BCUT2D eigenvalue weighted by atomic mass is 10.2. The van der Waals surface area contributed by atoms with Gasteiger partial charge in [0.05, 0.1) is 6.21 Å². The number of carbonyl (C=O) groups excluding carboxylic acids is 2. The molecule has 0 saturated heterocycles. The van der Waals surface area contributed by atoms with Gasteiger partial charge in [0.25, 0.3) is 5.91 Å². The van der Waals surface area contributed by atoms with E-state index >= 15 is 0 Å². The predicted octanol–water partition coefficient (Wildman–Crippen LogP) is 2.01. The van der Waals surface area contributed by atoms with Crippen LogP contribution in [-0.4, -0.2) is 24.8 Å². The number of benzene rings is 2. The number of anilines is 1. The number of urea groups is 1. The molecule has 0 spiro atoms. The molecule has 0 aliphatic rings. The first-order chi connectivity index (χ1) is 11.5. The summed E-state index contributed by atoms with van der Waals surface area (Å²) in [4.78, 5) is 22.3. The van der Waals surface area contributed by atoms with Gasteiger partial charge in [-0.25, -0.2) is 10.2 Å². The fourth-order valence-electron chi connectivity index (χ4n) is 1.89. The lowest BCUT2D eigenvalue weighted by Crippen LogP contribution is -2.24. The zero-order valence-corrected chi connectivity index (χ0v) is 13.2. The molecule has 0 unspecified atom stereocenters. The molecular formula is C17H18N4O3. The highest BCUT2D eigenvalue weighted by molar-refractivity contribution is 5.92. The van der Waals surface area contributed by atoms with Crippen LogP contribution in [0.5, 0.6) is 5.75 Å². The zero-order chi connectivity index (χ0) is 17.4. The molecule has 2 aromatic rings. The van der Waals surface area contributed by atoms with Crippen LogP contribution in [0.25, 0.3) is 0 Å². The van der Waals surface area contributed by atoms with Gasteiger partial charge in [0.15, 0.2) is 6.61 Å². The van der Waals surface area contributed by atoms with Gasteiger partial charge in [0, 0.05) is 5.69 Å². The minimum Gasteiger partial charge on any atom is -0.484 e. The van der Waals surface area contributed by atoms with E-state index in [0.29, 0.717) is 5.75 Å². The van der Waals surface area contributed by atoms with Crippen molar-refractivity contribution in [3.05, 3.63) is 59.7 Å². The number of hydrazone groups is 1. The Morgan fingerprint density at radius 1 is 1.21 bits per heavy atom. The SMILES string of the molecule is Cc1cccc(NC(=O)COc2ccc(/C=N/NC(N)=O)cc2)c1. The molecule has 0 saturated carbocycles. The molecule has 0 atom stereocenters. The second-order valence-electron chi connectivity index (χ2n) is 5.01. The van der Waals surface area contributed by atoms with Crippen molar-refractivity contribution in [2.45, 2.75) is 6.92 Å². The van der Waals surface area contributed by atoms with E-state index in [1.54, 1.807) is 24.3 Å². The van der Waals surface area contributed by atoms with E-state index in [1.165, 1.54) is 6.21 Å². The topological polar surface area (TPSA) is 106 Å². The number of nitrogens with one attached hydrogen (secondary N) is 2. The Morgan fingerprint density at radius 2 is 1.96 bits per heavy atom. The van der Waals surface area contributed by atoms with Crippen molar-refractivity contribution in [2.75, 3.05) is 11.9 Å². The van der Waals surface area contributed by atoms with E-state index in [9.17, 15) is 9.59 Å². The van der Waals surface area contributed by atoms with Crippen LogP contribution >= 0.6 is 0 Å². The summed E-state index contributed by atoms with van der Waals surface area (Å²) >= 11 is 0. The van der Waals surface area contributed by atoms with Crippen molar-refractivity contribution in [2.24, 2.45) is 10.8 Å². The molecule has 0 fully saturated rings. The Labute approximate surface area is 139 Å². The average molecular weight is 326 g/mol. The summed E-state index contributed by atoms with van der Waals surface area (Å²) in [6.07, 6.45) is 1.44. The molecule has 0 bridgehead atoms. The Morgan fingerprint density at radius 3 is 2.62 bits per heavy atom. The van der Waals surface area contributed by atoms with E-state index in [-0.39, 0.29) is 12.5 Å². The van der Waals surface area contributed by atoms with Gasteiger partial charge in [-0.15, -0.1) is 0 Å². The molecule has 7 nitrogen and oxygen atoms in total. The van der Waals surface area contributed by atoms with Crippen LogP contribution in [0.2, 0.25) is 0 Å². The molecule has 0 heterocycles. The maximum absolute atomic E-state index is 11.9. The molecule has 2 rings (SSSR count). The van der Waals surface area contributed by atoms with Gasteiger partial charge in [-0.2, -0.15) is 5.10 Å². The normalized spacial score (nSPS) is 10.4. The lowest BCUT2D eigenvalue weighted by molar-refractivity contribution is -0.118. The predicted molar refractivity (Wildman–Crippen MR) is 92.1 cm³/mol. The second kappa shape index (κ2) is 8.33. The van der Waals surface area contributed by atoms with Crippen molar-refractivity contribution in [3.8, 4) is 5.75 Å². The van der Waals surface area contributed by atoms with Crippen molar-refractivity contribution >= 4 is 23.8 Å². The molecular weight excluding hydrogens is 308 g/mol. The highest BCUT2D eigenvalue weighted by atomic mass is 16.5. The molecule has 0 radical (unpaired) electrons. The van der Waals surface area contributed by atoms with Crippen molar-refractivity contribution in [1.29, 1.82) is 0 Å². The first-order valence-corrected chi connectivity index (χ1v) is 7.21. The Hall–Kier alpha value is -3.35. The molecule has 2 aromatic carbocycles. The summed E-state index contributed by atoms with van der Waals surface area (Å²) in [5, 5.41) is 6.41. The third-order valence-corrected chi connectivity index (χ3v) is 2.94. The third kappa shape index (κ3) is 5.80. The number of aryl methyl sites for hydroxylation is 1. The standard InChI is InChI=1S/C17H18N4O3/c1-12-3-2-4-14(9-12)20-16(22)11-24-15-7-5-13(6-8-15)10-19-21-17(18)23/h2-10H,11H2,1H3,(H,20,22)(H3,18,21,23)/b19-10+. The number of nitrogens with zero attached hydrogens (tertiary/aromatic N) is 1. The maximum atomic E-state index is 11.9. The van der Waals surface area contributed by atoms with Gasteiger partial charge in [0.1, 0.15) is 5.75 Å². The fourth-order valence-corrected chi connectivity index (χ4v) is 1.89. The molecule has 3 amide bonds. The maximum Gasteiger partial charge on any atom is 0.332 e. The average Bonchev–Trinajstić information content (AvgIpc) is 2.54. The molecule has 0 aliphatic heterocycles. The van der Waals surface area contributed by atoms with Crippen LogP contribution in [0, 0.1) is 6.92 Å². The number of amides is 3. The minimum absolute atomic E-state index is 0.0927. The molecule has 4 N–H and O–H groups in total. The van der Waals surface area contributed by atoms with E-state index in [0.717, 1.165) is 16.8 Å². The highest BCUT2D eigenvalue weighted by Crippen LogP contribution is 2.12. The van der Waals surface area contributed by atoms with E-state index in [2.05, 4.69) is 15.8 Å². The number of ether oxygens (including phenoxy) is 1. The first kappa shape index (κ1) is 17.0. The largest absolute Gasteiger partial charge is 0.484 e. The van der Waals surface area contributed by atoms with Gasteiger partial charge < -0.3 is 15.8 Å². The minimum atomic E-state index is -0.731. The summed E-state index contributed by atoms with van der Waals surface area (Å²) in [6, 6.07) is 13.7. The van der Waals surface area contributed by atoms with Crippen molar-refractivity contribution < 1.29 is 14.3 Å². The van der Waals surface area contributed by atoms with Crippen LogP contribution in [0.3, 0.4) is 0 Å². The lowest BCUT2D eigenvalue weighted by Gasteiger charge is -2.08. The second-order valence-corrected chi connectivity index (χ2v) is 5.01. The Bertz CT molecular complexity index is 742. The van der Waals surface area contributed by atoms with Gasteiger partial charge in [-0.05, 0) is 54.4 Å². The number of hydrogen-bond donors (Lipinski definition) is 3. The number of rotatable bonds is 6. The zero-order valence-electron chi connectivity index (χ0n) is 13.2. The van der Waals surface area contributed by atoms with E-state index in [4.69, 9.17) is 10.5 Å². The third-order valence-electron chi connectivity index (χ3n) is 2.94. The summed E-state index contributed by atoms with van der Waals surface area (Å²) in [7, 11) is 0. The smallest absolute Gasteiger partial charge is 0.332 e. The monoisotopic (exact) mass is 326 g/mol. The van der Waals surface area contributed by atoms with Gasteiger partial charge in [-0.1, -0.05) is 12.1 Å². The molecule has 24 heavy (non-hydrogen) atoms. The Kier molecular flexibility index (Phi) is 5.90. The van der Waals surface area contributed by atoms with Crippen LogP contribution < -0.4 is 21.2 Å². The quantitative estimate of drug-likeness (QED) is 0.558. The van der Waals surface area contributed by atoms with Crippen molar-refractivity contribution in [1.82, 2.24) is 5.43 Å². The van der Waals surface area contributed by atoms with E-state index in [1.807, 2.05) is 31.2 Å². The summed E-state index contributed by atoms with van der Waals surface area (Å²) in [6.45, 7) is 1.86. The first-order valence-electron chi connectivity index (χ1n) is 7.21. The highest BCUT2D eigenvalue weighted by Gasteiger charge is 2.04. The van der Waals surface area contributed by atoms with E-state index < -0.39 is 6.03 Å². The van der Waals surface area contributed by atoms with Crippen LogP contribution in [0.4, 0.5) is 10.5 Å². The molecule has 7 heteroatoms. The molecule has 0 aromatic heterocycles. The van der Waals surface area contributed by atoms with Crippen molar-refractivity contribution in [3.63, 3.8) is 0 Å². The molecule has 0 aliphatic carbocycles. The number of nitrogens with two attached hydrogens (primary N) is 1. The summed E-state index contributed by atoms with van der Waals surface area (Å²) in [5.74, 6) is 0.311. The van der Waals surface area contributed by atoms with Gasteiger partial charge in [0.2, 0.25) is 0 Å². The summed E-state index contributed by atoms with van der Waals surface area (Å²) < 4.78 is 5.42. The van der Waals surface area contributed by atoms with Crippen LogP contribution in [0.1, 0.15) is 11.1 Å².